The predicted octanol–water partition coefficient (Wildman–Crippen LogP) is 2.24. The molecule has 2 nitrogen and oxygen atoms in total. The first-order chi connectivity index (χ1) is 6.35. The molecule has 2 heteroatoms. The molecule has 80 valence electrons. The van der Waals surface area contributed by atoms with E-state index >= 15 is 0 Å². The minimum absolute atomic E-state index is 0.825. The fraction of sp³-hybridized carbons (Fsp3) is 1.00. The van der Waals surface area contributed by atoms with Crippen LogP contribution in [0.1, 0.15) is 46.0 Å². The summed E-state index contributed by atoms with van der Waals surface area (Å²) in [6.07, 6.45) is 6.59. The van der Waals surface area contributed by atoms with Crippen LogP contribution in [0, 0.1) is 0 Å². The summed E-state index contributed by atoms with van der Waals surface area (Å²) in [4.78, 5) is 2.50. The van der Waals surface area contributed by atoms with Gasteiger partial charge in [-0.15, -0.1) is 0 Å². The van der Waals surface area contributed by atoms with E-state index in [2.05, 4.69) is 18.7 Å². The number of rotatable bonds is 9. The largest absolute Gasteiger partial charge is 0.330 e. The quantitative estimate of drug-likeness (QED) is 0.560. The van der Waals surface area contributed by atoms with Crippen LogP contribution in [0.2, 0.25) is 0 Å². The third kappa shape index (κ3) is 8.26. The van der Waals surface area contributed by atoms with Gasteiger partial charge in [0.15, 0.2) is 0 Å². The van der Waals surface area contributed by atoms with E-state index in [4.69, 9.17) is 5.73 Å². The Bertz CT molecular complexity index is 94.1. The van der Waals surface area contributed by atoms with Crippen LogP contribution in [0.3, 0.4) is 0 Å². The molecule has 2 N–H and O–H groups in total. The third-order valence-corrected chi connectivity index (χ3v) is 2.45. The molecule has 0 unspecified atom stereocenters. The Kier molecular flexibility index (Phi) is 9.94. The van der Waals surface area contributed by atoms with Gasteiger partial charge in [-0.05, 0) is 39.0 Å². The lowest BCUT2D eigenvalue weighted by Gasteiger charge is -2.19. The smallest absolute Gasteiger partial charge is 0.000683 e. The highest BCUT2D eigenvalue weighted by molar-refractivity contribution is 4.56. The van der Waals surface area contributed by atoms with Gasteiger partial charge in [-0.1, -0.05) is 33.1 Å². The summed E-state index contributed by atoms with van der Waals surface area (Å²) in [5, 5.41) is 0. The zero-order valence-electron chi connectivity index (χ0n) is 9.39. The summed E-state index contributed by atoms with van der Waals surface area (Å²) in [6, 6.07) is 0. The molecule has 0 fully saturated rings. The van der Waals surface area contributed by atoms with Crippen molar-refractivity contribution in [3.63, 3.8) is 0 Å². The summed E-state index contributed by atoms with van der Waals surface area (Å²) < 4.78 is 0. The van der Waals surface area contributed by atoms with E-state index in [1.165, 1.54) is 45.3 Å². The fourth-order valence-electron chi connectivity index (χ4n) is 1.51. The molecule has 0 amide bonds. The van der Waals surface area contributed by atoms with Gasteiger partial charge in [0.25, 0.3) is 0 Å². The Morgan fingerprint density at radius 1 is 0.923 bits per heavy atom. The molecule has 0 saturated heterocycles. The molecule has 13 heavy (non-hydrogen) atoms. The van der Waals surface area contributed by atoms with Crippen LogP contribution in [0.25, 0.3) is 0 Å². The van der Waals surface area contributed by atoms with Crippen LogP contribution in [0.5, 0.6) is 0 Å². The SMILES string of the molecule is CCCCCCN(CC)CCCN. The summed E-state index contributed by atoms with van der Waals surface area (Å²) >= 11 is 0. The van der Waals surface area contributed by atoms with Gasteiger partial charge in [0.05, 0.1) is 0 Å². The Morgan fingerprint density at radius 2 is 1.62 bits per heavy atom. The predicted molar refractivity (Wildman–Crippen MR) is 59.9 cm³/mol. The number of hydrogen-bond acceptors (Lipinski definition) is 2. The van der Waals surface area contributed by atoms with E-state index < -0.39 is 0 Å². The molecule has 0 saturated carbocycles. The lowest BCUT2D eigenvalue weighted by atomic mass is 10.2. The van der Waals surface area contributed by atoms with E-state index in [-0.39, 0.29) is 0 Å². The highest BCUT2D eigenvalue weighted by atomic mass is 15.1. The Morgan fingerprint density at radius 3 is 2.15 bits per heavy atom. The molecule has 0 spiro atoms. The maximum absolute atomic E-state index is 5.48. The molecular formula is C11H26N2. The lowest BCUT2D eigenvalue weighted by Crippen LogP contribution is -2.27. The molecule has 0 radical (unpaired) electrons. The van der Waals surface area contributed by atoms with Crippen LogP contribution in [-0.2, 0) is 0 Å². The maximum atomic E-state index is 5.48. The minimum Gasteiger partial charge on any atom is -0.330 e. The lowest BCUT2D eigenvalue weighted by molar-refractivity contribution is 0.279. The molecule has 0 aromatic rings. The number of nitrogens with two attached hydrogens (primary N) is 1. The van der Waals surface area contributed by atoms with Gasteiger partial charge in [-0.25, -0.2) is 0 Å². The van der Waals surface area contributed by atoms with Crippen LogP contribution in [-0.4, -0.2) is 31.1 Å². The third-order valence-electron chi connectivity index (χ3n) is 2.45. The molecule has 0 rings (SSSR count). The minimum atomic E-state index is 0.825. The van der Waals surface area contributed by atoms with E-state index in [1.54, 1.807) is 0 Å². The second-order valence-electron chi connectivity index (χ2n) is 3.64. The topological polar surface area (TPSA) is 29.3 Å². The van der Waals surface area contributed by atoms with Gasteiger partial charge in [-0.2, -0.15) is 0 Å². The van der Waals surface area contributed by atoms with Gasteiger partial charge >= 0.3 is 0 Å². The summed E-state index contributed by atoms with van der Waals surface area (Å²) in [5.41, 5.74) is 5.48. The molecule has 0 atom stereocenters. The molecule has 0 aliphatic rings. The van der Waals surface area contributed by atoms with Crippen molar-refractivity contribution in [1.82, 2.24) is 4.90 Å². The first-order valence-corrected chi connectivity index (χ1v) is 5.77. The van der Waals surface area contributed by atoms with Crippen molar-refractivity contribution in [2.75, 3.05) is 26.2 Å². The standard InChI is InChI=1S/C11H26N2/c1-3-5-6-7-10-13(4-2)11-8-9-12/h3-12H2,1-2H3. The fourth-order valence-corrected chi connectivity index (χ4v) is 1.51. The zero-order chi connectivity index (χ0) is 9.94. The number of nitrogens with zero attached hydrogens (tertiary/aromatic N) is 1. The van der Waals surface area contributed by atoms with Crippen LogP contribution in [0.15, 0.2) is 0 Å². The molecule has 0 aromatic carbocycles. The van der Waals surface area contributed by atoms with Gasteiger partial charge in [0, 0.05) is 0 Å². The molecule has 0 aromatic heterocycles. The normalized spacial score (nSPS) is 11.1. The van der Waals surface area contributed by atoms with E-state index in [0.29, 0.717) is 0 Å². The first kappa shape index (κ1) is 12.9. The van der Waals surface area contributed by atoms with Crippen LogP contribution < -0.4 is 5.73 Å². The molecule has 0 heterocycles. The van der Waals surface area contributed by atoms with Crippen molar-refractivity contribution < 1.29 is 0 Å². The van der Waals surface area contributed by atoms with Crippen molar-refractivity contribution in [3.8, 4) is 0 Å². The average molecular weight is 186 g/mol. The second kappa shape index (κ2) is 10.0. The van der Waals surface area contributed by atoms with Crippen molar-refractivity contribution in [3.05, 3.63) is 0 Å². The van der Waals surface area contributed by atoms with Gasteiger partial charge in [0.1, 0.15) is 0 Å². The molecule has 0 aliphatic carbocycles. The molecular weight excluding hydrogens is 160 g/mol. The number of unbranched alkanes of at least 4 members (excludes halogenated alkanes) is 3. The summed E-state index contributed by atoms with van der Waals surface area (Å²) in [6.45, 7) is 8.93. The second-order valence-corrected chi connectivity index (χ2v) is 3.64. The van der Waals surface area contributed by atoms with Gasteiger partial charge in [-0.3, -0.25) is 0 Å². The van der Waals surface area contributed by atoms with Crippen LogP contribution in [0.4, 0.5) is 0 Å². The number of hydrogen-bond donors (Lipinski definition) is 1. The average Bonchev–Trinajstić information content (AvgIpc) is 2.17. The van der Waals surface area contributed by atoms with E-state index in [9.17, 15) is 0 Å². The Hall–Kier alpha value is -0.0800. The van der Waals surface area contributed by atoms with Crippen molar-refractivity contribution >= 4 is 0 Å². The van der Waals surface area contributed by atoms with Gasteiger partial charge < -0.3 is 10.6 Å². The Balaban J connectivity index is 3.25. The van der Waals surface area contributed by atoms with E-state index in [0.717, 1.165) is 13.0 Å². The highest BCUT2D eigenvalue weighted by Gasteiger charge is 1.99. The highest BCUT2D eigenvalue weighted by Crippen LogP contribution is 2.01. The molecule has 0 aliphatic heterocycles. The van der Waals surface area contributed by atoms with Crippen molar-refractivity contribution in [2.45, 2.75) is 46.0 Å². The summed E-state index contributed by atoms with van der Waals surface area (Å²) in [7, 11) is 0. The summed E-state index contributed by atoms with van der Waals surface area (Å²) in [5.74, 6) is 0. The Labute approximate surface area is 83.5 Å². The van der Waals surface area contributed by atoms with Crippen LogP contribution >= 0.6 is 0 Å². The molecule has 0 bridgehead atoms. The van der Waals surface area contributed by atoms with Crippen molar-refractivity contribution in [1.29, 1.82) is 0 Å². The first-order valence-electron chi connectivity index (χ1n) is 5.77. The zero-order valence-corrected chi connectivity index (χ0v) is 9.39. The van der Waals surface area contributed by atoms with Crippen molar-refractivity contribution in [2.24, 2.45) is 5.73 Å². The van der Waals surface area contributed by atoms with E-state index in [1.807, 2.05) is 0 Å². The van der Waals surface area contributed by atoms with Gasteiger partial charge in [0.2, 0.25) is 0 Å². The monoisotopic (exact) mass is 186 g/mol. The maximum Gasteiger partial charge on any atom is -0.000683 e.